The van der Waals surface area contributed by atoms with E-state index in [0.717, 1.165) is 42.5 Å². The van der Waals surface area contributed by atoms with Crippen LogP contribution in [0.4, 0.5) is 11.4 Å². The lowest BCUT2D eigenvalue weighted by Gasteiger charge is -2.22. The maximum Gasteiger partial charge on any atom is 0.349 e. The molecule has 0 radical (unpaired) electrons. The Morgan fingerprint density at radius 2 is 1.84 bits per heavy atom. The number of anilines is 1. The Labute approximate surface area is 188 Å². The maximum absolute atomic E-state index is 12.8. The highest BCUT2D eigenvalue weighted by Gasteiger charge is 2.21. The number of amides is 1. The van der Waals surface area contributed by atoms with Gasteiger partial charge in [-0.25, -0.2) is 4.79 Å². The number of non-ortho nitro benzene ring substituents is 1. The molecule has 1 aromatic carbocycles. The zero-order chi connectivity index (χ0) is 22.5. The molecular formula is C22H21N5O4S. The van der Waals surface area contributed by atoms with Gasteiger partial charge in [-0.1, -0.05) is 11.8 Å². The van der Waals surface area contributed by atoms with Crippen LogP contribution in [0.25, 0.3) is 0 Å². The molecule has 32 heavy (non-hydrogen) atoms. The van der Waals surface area contributed by atoms with E-state index in [4.69, 9.17) is 0 Å². The first-order valence-electron chi connectivity index (χ1n) is 10.2. The number of nitro benzene ring substituents is 1. The Hall–Kier alpha value is -3.53. The molecule has 164 valence electrons. The molecule has 0 bridgehead atoms. The van der Waals surface area contributed by atoms with Crippen LogP contribution >= 0.6 is 11.8 Å². The second-order valence-electron chi connectivity index (χ2n) is 7.41. The minimum Gasteiger partial charge on any atom is -0.325 e. The number of fused-ring (bicyclic) bond motifs is 1. The van der Waals surface area contributed by atoms with E-state index in [0.29, 0.717) is 17.3 Å². The number of nitrogens with one attached hydrogen (secondary N) is 1. The molecule has 9 nitrogen and oxygen atoms in total. The second-order valence-corrected chi connectivity index (χ2v) is 8.38. The van der Waals surface area contributed by atoms with E-state index in [9.17, 15) is 19.7 Å². The van der Waals surface area contributed by atoms with E-state index in [1.54, 1.807) is 17.0 Å². The van der Waals surface area contributed by atoms with Crippen molar-refractivity contribution in [1.29, 1.82) is 0 Å². The molecule has 0 saturated carbocycles. The summed E-state index contributed by atoms with van der Waals surface area (Å²) in [5.41, 5.74) is 3.13. The number of carbonyl (C=O) groups is 1. The first kappa shape index (κ1) is 21.7. The number of nitro groups is 1. The van der Waals surface area contributed by atoms with Gasteiger partial charge in [-0.2, -0.15) is 4.98 Å². The molecule has 3 aromatic rings. The summed E-state index contributed by atoms with van der Waals surface area (Å²) in [4.78, 5) is 43.8. The standard InChI is InChI=1S/C22H21N5O4S/c28-20(24-16-5-7-17(8-6-16)27(30)31)14-32-21-18-3-1-2-4-19(18)26(22(29)25-21)13-15-9-11-23-12-10-15/h5-12H,1-4,13-14H2,(H,24,28). The number of hydrogen-bond donors (Lipinski definition) is 1. The molecule has 0 aliphatic heterocycles. The number of hydrogen-bond acceptors (Lipinski definition) is 7. The molecule has 0 atom stereocenters. The number of rotatable bonds is 7. The molecule has 1 amide bonds. The van der Waals surface area contributed by atoms with Crippen molar-refractivity contribution in [3.05, 3.63) is 86.2 Å². The lowest BCUT2D eigenvalue weighted by Crippen LogP contribution is -2.30. The average Bonchev–Trinajstić information content (AvgIpc) is 2.81. The van der Waals surface area contributed by atoms with Crippen molar-refractivity contribution in [3.63, 3.8) is 0 Å². The lowest BCUT2D eigenvalue weighted by atomic mass is 9.97. The first-order chi connectivity index (χ1) is 15.5. The number of aromatic nitrogens is 3. The van der Waals surface area contributed by atoms with Crippen molar-refractivity contribution in [2.24, 2.45) is 0 Å². The Bertz CT molecular complexity index is 1200. The fraction of sp³-hybridized carbons (Fsp3) is 0.273. The number of carbonyl (C=O) groups excluding carboxylic acids is 1. The van der Waals surface area contributed by atoms with Crippen molar-refractivity contribution in [2.45, 2.75) is 37.3 Å². The Kier molecular flexibility index (Phi) is 6.60. The topological polar surface area (TPSA) is 120 Å². The summed E-state index contributed by atoms with van der Waals surface area (Å²) in [6, 6.07) is 9.41. The maximum atomic E-state index is 12.8. The number of benzene rings is 1. The van der Waals surface area contributed by atoms with Gasteiger partial charge >= 0.3 is 5.69 Å². The summed E-state index contributed by atoms with van der Waals surface area (Å²) >= 11 is 1.24. The van der Waals surface area contributed by atoms with E-state index in [-0.39, 0.29) is 23.0 Å². The van der Waals surface area contributed by atoms with Crippen molar-refractivity contribution < 1.29 is 9.72 Å². The number of pyridine rings is 1. The third kappa shape index (κ3) is 5.02. The average molecular weight is 452 g/mol. The molecule has 2 aromatic heterocycles. The van der Waals surface area contributed by atoms with Crippen LogP contribution in [0.1, 0.15) is 29.7 Å². The van der Waals surface area contributed by atoms with E-state index in [1.807, 2.05) is 12.1 Å². The Morgan fingerprint density at radius 1 is 1.12 bits per heavy atom. The summed E-state index contributed by atoms with van der Waals surface area (Å²) in [7, 11) is 0. The molecule has 10 heteroatoms. The zero-order valence-corrected chi connectivity index (χ0v) is 18.0. The third-order valence-electron chi connectivity index (χ3n) is 5.24. The fourth-order valence-electron chi connectivity index (χ4n) is 3.70. The fourth-order valence-corrected chi connectivity index (χ4v) is 4.58. The van der Waals surface area contributed by atoms with Crippen LogP contribution in [0, 0.1) is 10.1 Å². The summed E-state index contributed by atoms with van der Waals surface area (Å²) in [6.45, 7) is 0.447. The SMILES string of the molecule is O=C(CSc1nc(=O)n(Cc2ccncc2)c2c1CCCC2)Nc1ccc([N+](=O)[O-])cc1. The third-order valence-corrected chi connectivity index (χ3v) is 6.26. The van der Waals surface area contributed by atoms with Crippen molar-refractivity contribution in [2.75, 3.05) is 11.1 Å². The largest absolute Gasteiger partial charge is 0.349 e. The first-order valence-corrected chi connectivity index (χ1v) is 11.2. The molecule has 1 N–H and O–H groups in total. The van der Waals surface area contributed by atoms with Crippen molar-refractivity contribution in [3.8, 4) is 0 Å². The second kappa shape index (κ2) is 9.73. The van der Waals surface area contributed by atoms with Gasteiger partial charge in [-0.15, -0.1) is 0 Å². The molecule has 4 rings (SSSR count). The molecule has 0 unspecified atom stereocenters. The van der Waals surface area contributed by atoms with E-state index < -0.39 is 4.92 Å². The summed E-state index contributed by atoms with van der Waals surface area (Å²) < 4.78 is 1.73. The minimum atomic E-state index is -0.493. The van der Waals surface area contributed by atoms with Crippen LogP contribution in [0.2, 0.25) is 0 Å². The Morgan fingerprint density at radius 3 is 2.56 bits per heavy atom. The zero-order valence-electron chi connectivity index (χ0n) is 17.2. The molecule has 0 saturated heterocycles. The highest BCUT2D eigenvalue weighted by atomic mass is 32.2. The molecule has 0 fully saturated rings. The van der Waals surface area contributed by atoms with Gasteiger partial charge in [0, 0.05) is 41.5 Å². The minimum absolute atomic E-state index is 0.0412. The van der Waals surface area contributed by atoms with Gasteiger partial charge in [0.1, 0.15) is 5.03 Å². The molecule has 2 heterocycles. The van der Waals surface area contributed by atoms with Crippen LogP contribution < -0.4 is 11.0 Å². The van der Waals surface area contributed by atoms with Gasteiger partial charge in [0.2, 0.25) is 5.91 Å². The van der Waals surface area contributed by atoms with E-state index in [2.05, 4.69) is 15.3 Å². The lowest BCUT2D eigenvalue weighted by molar-refractivity contribution is -0.384. The highest BCUT2D eigenvalue weighted by Crippen LogP contribution is 2.29. The van der Waals surface area contributed by atoms with Gasteiger partial charge in [0.05, 0.1) is 17.2 Å². The summed E-state index contributed by atoms with van der Waals surface area (Å²) in [6.07, 6.45) is 7.07. The van der Waals surface area contributed by atoms with Gasteiger partial charge < -0.3 is 5.32 Å². The number of thioether (sulfide) groups is 1. The van der Waals surface area contributed by atoms with E-state index in [1.165, 1.54) is 36.0 Å². The van der Waals surface area contributed by atoms with Crippen LogP contribution in [-0.4, -0.2) is 31.1 Å². The summed E-state index contributed by atoms with van der Waals surface area (Å²) in [5, 5.41) is 14.1. The Balaban J connectivity index is 1.49. The van der Waals surface area contributed by atoms with Crippen molar-refractivity contribution in [1.82, 2.24) is 14.5 Å². The van der Waals surface area contributed by atoms with Crippen molar-refractivity contribution >= 4 is 29.0 Å². The van der Waals surface area contributed by atoms with Gasteiger partial charge in [-0.3, -0.25) is 24.5 Å². The quantitative estimate of drug-likeness (QED) is 0.253. The predicted octanol–water partition coefficient (Wildman–Crippen LogP) is 3.20. The predicted molar refractivity (Wildman–Crippen MR) is 121 cm³/mol. The highest BCUT2D eigenvalue weighted by molar-refractivity contribution is 8.00. The van der Waals surface area contributed by atoms with Gasteiger partial charge in [-0.05, 0) is 55.5 Å². The molecule has 1 aliphatic rings. The molecular weight excluding hydrogens is 430 g/mol. The summed E-state index contributed by atoms with van der Waals surface area (Å²) in [5.74, 6) is -0.180. The van der Waals surface area contributed by atoms with Crippen LogP contribution in [0.5, 0.6) is 0 Å². The van der Waals surface area contributed by atoms with Crippen LogP contribution in [0.15, 0.2) is 58.6 Å². The smallest absolute Gasteiger partial charge is 0.325 e. The van der Waals surface area contributed by atoms with Crippen LogP contribution in [0.3, 0.4) is 0 Å². The monoisotopic (exact) mass is 451 g/mol. The molecule has 1 aliphatic carbocycles. The van der Waals surface area contributed by atoms with Crippen LogP contribution in [-0.2, 0) is 24.2 Å². The van der Waals surface area contributed by atoms with Gasteiger partial charge in [0.15, 0.2) is 0 Å². The molecule has 0 spiro atoms. The number of nitrogens with zero attached hydrogens (tertiary/aromatic N) is 4. The normalized spacial score (nSPS) is 12.8. The van der Waals surface area contributed by atoms with Gasteiger partial charge in [0.25, 0.3) is 5.69 Å². The van der Waals surface area contributed by atoms with E-state index >= 15 is 0 Å².